The van der Waals surface area contributed by atoms with Gasteiger partial charge < -0.3 is 9.47 Å². The van der Waals surface area contributed by atoms with Gasteiger partial charge in [-0.2, -0.15) is 14.9 Å². The van der Waals surface area contributed by atoms with Crippen LogP contribution in [0.5, 0.6) is 11.5 Å². The van der Waals surface area contributed by atoms with E-state index in [-0.39, 0.29) is 0 Å². The summed E-state index contributed by atoms with van der Waals surface area (Å²) in [6.07, 6.45) is 3.32. The Hall–Kier alpha value is -2.93. The van der Waals surface area contributed by atoms with Crippen molar-refractivity contribution in [2.45, 2.75) is 26.7 Å². The molecular weight excluding hydrogens is 372 g/mol. The Morgan fingerprint density at radius 3 is 2.68 bits per heavy atom. The summed E-state index contributed by atoms with van der Waals surface area (Å²) in [6.45, 7) is 5.10. The van der Waals surface area contributed by atoms with Crippen LogP contribution in [0.3, 0.4) is 0 Å². The molecule has 7 heteroatoms. The van der Waals surface area contributed by atoms with Gasteiger partial charge >= 0.3 is 0 Å². The third-order valence-corrected chi connectivity index (χ3v) is 4.38. The lowest BCUT2D eigenvalue weighted by Gasteiger charge is -2.12. The highest BCUT2D eigenvalue weighted by Crippen LogP contribution is 2.28. The molecule has 0 atom stereocenters. The van der Waals surface area contributed by atoms with Gasteiger partial charge in [0.2, 0.25) is 4.77 Å². The number of ether oxygens (including phenoxy) is 2. The van der Waals surface area contributed by atoms with Crippen molar-refractivity contribution >= 4 is 18.4 Å². The maximum Gasteiger partial charge on any atom is 0.216 e. The Morgan fingerprint density at radius 2 is 1.93 bits per heavy atom. The highest BCUT2D eigenvalue weighted by atomic mass is 32.1. The maximum atomic E-state index is 5.95. The van der Waals surface area contributed by atoms with Gasteiger partial charge in [-0.3, -0.25) is 5.10 Å². The van der Waals surface area contributed by atoms with Crippen molar-refractivity contribution in [1.29, 1.82) is 0 Å². The number of hydrogen-bond acceptors (Lipinski definition) is 5. The zero-order chi connectivity index (χ0) is 19.8. The summed E-state index contributed by atoms with van der Waals surface area (Å²) in [4.78, 5) is 0. The monoisotopic (exact) mass is 396 g/mol. The third kappa shape index (κ3) is 5.07. The molecule has 6 nitrogen and oxygen atoms in total. The molecule has 0 amide bonds. The Kier molecular flexibility index (Phi) is 6.97. The van der Waals surface area contributed by atoms with Gasteiger partial charge in [-0.1, -0.05) is 37.3 Å². The van der Waals surface area contributed by atoms with Crippen LogP contribution in [0, 0.1) is 4.77 Å². The average Bonchev–Trinajstić information content (AvgIpc) is 3.08. The molecular formula is C21H24N4O2S. The van der Waals surface area contributed by atoms with Crippen LogP contribution in [0.25, 0.3) is 0 Å². The fraction of sp³-hybridized carbons (Fsp3) is 0.286. The predicted molar refractivity (Wildman–Crippen MR) is 113 cm³/mol. The van der Waals surface area contributed by atoms with Gasteiger partial charge in [-0.05, 0) is 48.5 Å². The quantitative estimate of drug-likeness (QED) is 0.430. The van der Waals surface area contributed by atoms with Gasteiger partial charge in [0, 0.05) is 12.8 Å². The zero-order valence-corrected chi connectivity index (χ0v) is 16.9. The first kappa shape index (κ1) is 19.8. The number of nitrogens with zero attached hydrogens (tertiary/aromatic N) is 3. The van der Waals surface area contributed by atoms with E-state index < -0.39 is 0 Å². The smallest absolute Gasteiger partial charge is 0.216 e. The Balaban J connectivity index is 1.72. The summed E-state index contributed by atoms with van der Waals surface area (Å²) in [5.41, 5.74) is 2.14. The summed E-state index contributed by atoms with van der Waals surface area (Å²) >= 11 is 5.22. The molecule has 146 valence electrons. The van der Waals surface area contributed by atoms with Gasteiger partial charge in [0.25, 0.3) is 0 Å². The predicted octanol–water partition coefficient (Wildman–Crippen LogP) is 4.41. The number of hydrogen-bond donors (Lipinski definition) is 1. The van der Waals surface area contributed by atoms with Crippen LogP contribution in [0.4, 0.5) is 0 Å². The highest BCUT2D eigenvalue weighted by Gasteiger charge is 2.07. The second-order valence-corrected chi connectivity index (χ2v) is 6.46. The molecule has 0 unspecified atom stereocenters. The van der Waals surface area contributed by atoms with Crippen molar-refractivity contribution in [1.82, 2.24) is 14.9 Å². The van der Waals surface area contributed by atoms with Crippen LogP contribution in [-0.2, 0) is 12.8 Å². The van der Waals surface area contributed by atoms with Crippen LogP contribution in [0.1, 0.15) is 30.8 Å². The van der Waals surface area contributed by atoms with Gasteiger partial charge in [0.15, 0.2) is 17.3 Å². The number of aryl methyl sites for hydroxylation is 1. The van der Waals surface area contributed by atoms with Gasteiger partial charge in [-0.15, -0.1) is 0 Å². The minimum absolute atomic E-state index is 0.471. The fourth-order valence-electron chi connectivity index (χ4n) is 2.71. The molecule has 0 saturated carbocycles. The highest BCUT2D eigenvalue weighted by molar-refractivity contribution is 7.71. The van der Waals surface area contributed by atoms with Crippen molar-refractivity contribution in [2.75, 3.05) is 13.2 Å². The first-order valence-electron chi connectivity index (χ1n) is 9.35. The zero-order valence-electron chi connectivity index (χ0n) is 16.1. The maximum absolute atomic E-state index is 5.95. The summed E-state index contributed by atoms with van der Waals surface area (Å²) in [6, 6.07) is 16.0. The van der Waals surface area contributed by atoms with Gasteiger partial charge in [0.05, 0.1) is 19.4 Å². The van der Waals surface area contributed by atoms with Crippen LogP contribution in [0.2, 0.25) is 0 Å². The number of aromatic amines is 1. The van der Waals surface area contributed by atoms with E-state index in [1.807, 2.05) is 50.2 Å². The molecule has 0 radical (unpaired) electrons. The Labute approximate surface area is 169 Å². The van der Waals surface area contributed by atoms with Crippen molar-refractivity contribution in [3.8, 4) is 11.5 Å². The minimum Gasteiger partial charge on any atom is -0.490 e. The lowest BCUT2D eigenvalue weighted by atomic mass is 10.2. The number of rotatable bonds is 9. The lowest BCUT2D eigenvalue weighted by Crippen LogP contribution is -2.04. The molecule has 0 spiro atoms. The molecule has 3 aromatic rings. The van der Waals surface area contributed by atoms with E-state index in [1.165, 1.54) is 5.56 Å². The Bertz CT molecular complexity index is 980. The van der Waals surface area contributed by atoms with Crippen LogP contribution in [0.15, 0.2) is 53.6 Å². The average molecular weight is 397 g/mol. The molecule has 0 aliphatic heterocycles. The lowest BCUT2D eigenvalue weighted by molar-refractivity contribution is 0.279. The third-order valence-electron chi connectivity index (χ3n) is 4.11. The Morgan fingerprint density at radius 1 is 1.11 bits per heavy atom. The van der Waals surface area contributed by atoms with Gasteiger partial charge in [-0.25, -0.2) is 0 Å². The van der Waals surface area contributed by atoms with E-state index in [0.717, 1.165) is 30.0 Å². The molecule has 0 saturated heterocycles. The van der Waals surface area contributed by atoms with Crippen LogP contribution in [-0.4, -0.2) is 34.3 Å². The van der Waals surface area contributed by atoms with Gasteiger partial charge in [0.1, 0.15) is 0 Å². The molecule has 28 heavy (non-hydrogen) atoms. The summed E-state index contributed by atoms with van der Waals surface area (Å²) in [5.74, 6) is 2.21. The van der Waals surface area contributed by atoms with E-state index in [4.69, 9.17) is 21.7 Å². The topological polar surface area (TPSA) is 64.4 Å². The molecule has 1 aromatic heterocycles. The molecule has 1 N–H and O–H groups in total. The normalized spacial score (nSPS) is 11.1. The fourth-order valence-corrected chi connectivity index (χ4v) is 2.91. The number of nitrogens with one attached hydrogen (secondary N) is 1. The number of benzene rings is 2. The molecule has 1 heterocycles. The number of H-pyrrole nitrogens is 1. The van der Waals surface area contributed by atoms with Crippen LogP contribution >= 0.6 is 12.2 Å². The van der Waals surface area contributed by atoms with E-state index in [1.54, 1.807) is 10.9 Å². The van der Waals surface area contributed by atoms with Crippen molar-refractivity contribution in [3.63, 3.8) is 0 Å². The molecule has 2 aromatic carbocycles. The van der Waals surface area contributed by atoms with E-state index in [2.05, 4.69) is 27.4 Å². The van der Waals surface area contributed by atoms with Crippen molar-refractivity contribution in [3.05, 3.63) is 70.3 Å². The summed E-state index contributed by atoms with van der Waals surface area (Å²) in [5, 5.41) is 11.3. The summed E-state index contributed by atoms with van der Waals surface area (Å²) in [7, 11) is 0. The van der Waals surface area contributed by atoms with E-state index in [9.17, 15) is 0 Å². The first-order chi connectivity index (χ1) is 13.7. The standard InChI is InChI=1S/C21H24N4O2S/c1-3-20-23-24-21(28)25(20)22-15-17-10-11-18(19(14-17)26-4-2)27-13-12-16-8-6-5-7-9-16/h5-11,14-15H,3-4,12-13H2,1-2H3,(H,24,28)/b22-15+. The number of aromatic nitrogens is 3. The van der Waals surface area contributed by atoms with Crippen molar-refractivity contribution < 1.29 is 9.47 Å². The first-order valence-corrected chi connectivity index (χ1v) is 9.76. The van der Waals surface area contributed by atoms with Crippen molar-refractivity contribution in [2.24, 2.45) is 5.10 Å². The molecule has 0 bridgehead atoms. The minimum atomic E-state index is 0.471. The van der Waals surface area contributed by atoms with E-state index >= 15 is 0 Å². The molecule has 0 fully saturated rings. The molecule has 0 aliphatic rings. The largest absolute Gasteiger partial charge is 0.490 e. The second-order valence-electron chi connectivity index (χ2n) is 6.08. The second kappa shape index (κ2) is 9.85. The van der Waals surface area contributed by atoms with E-state index in [0.29, 0.717) is 23.7 Å². The van der Waals surface area contributed by atoms with Crippen LogP contribution < -0.4 is 9.47 Å². The molecule has 0 aliphatic carbocycles. The summed E-state index contributed by atoms with van der Waals surface area (Å²) < 4.78 is 13.8. The molecule has 3 rings (SSSR count). The SMILES string of the molecule is CCOc1cc(/C=N/n2c(CC)n[nH]c2=S)ccc1OCCc1ccccc1.